The molecule has 0 aromatic rings. The fourth-order valence-electron chi connectivity index (χ4n) is 2.90. The van der Waals surface area contributed by atoms with Gasteiger partial charge in [0.25, 0.3) is 0 Å². The number of carbonyl (C=O) groups is 1. The summed E-state index contributed by atoms with van der Waals surface area (Å²) in [4.78, 5) is 11.8. The van der Waals surface area contributed by atoms with E-state index in [1.54, 1.807) is 0 Å². The maximum Gasteiger partial charge on any atom is 0.457 e. The lowest BCUT2D eigenvalue weighted by molar-refractivity contribution is -0.315. The number of alkyl halides is 6. The van der Waals surface area contributed by atoms with E-state index in [0.29, 0.717) is 12.8 Å². The molecule has 0 aromatic carbocycles. The summed E-state index contributed by atoms with van der Waals surface area (Å²) >= 11 is 3.31. The molecule has 0 fully saturated rings. The van der Waals surface area contributed by atoms with E-state index in [0.717, 1.165) is 63.1 Å². The molecule has 1 atom stereocenters. The van der Waals surface area contributed by atoms with Crippen LogP contribution in [0.2, 0.25) is 0 Å². The maximum atomic E-state index is 13.8. The van der Waals surface area contributed by atoms with Gasteiger partial charge in [-0.2, -0.15) is 22.0 Å². The zero-order valence-corrected chi connectivity index (χ0v) is 18.4. The van der Waals surface area contributed by atoms with E-state index in [1.165, 1.54) is 0 Å². The third-order valence-electron chi connectivity index (χ3n) is 4.64. The highest BCUT2D eigenvalue weighted by atomic mass is 79.9. The van der Waals surface area contributed by atoms with E-state index in [9.17, 15) is 26.7 Å². The zero-order valence-electron chi connectivity index (χ0n) is 16.8. The van der Waals surface area contributed by atoms with Gasteiger partial charge >= 0.3 is 18.1 Å². The van der Waals surface area contributed by atoms with Crippen molar-refractivity contribution in [3.05, 3.63) is 0 Å². The molecular weight excluding hydrogens is 447 g/mol. The van der Waals surface area contributed by atoms with E-state index in [2.05, 4.69) is 27.6 Å². The van der Waals surface area contributed by atoms with Crippen molar-refractivity contribution >= 4 is 21.9 Å². The van der Waals surface area contributed by atoms with Gasteiger partial charge in [-0.15, -0.1) is 0 Å². The lowest BCUT2D eigenvalue weighted by atomic mass is 10.0. The average Bonchev–Trinajstić information content (AvgIpc) is 2.61. The molecule has 0 amide bonds. The Morgan fingerprint density at radius 2 is 1.32 bits per heavy atom. The van der Waals surface area contributed by atoms with E-state index >= 15 is 0 Å². The second-order valence-electron chi connectivity index (χ2n) is 7.22. The molecule has 0 rings (SSSR count). The molecule has 28 heavy (non-hydrogen) atoms. The number of halogens is 6. The van der Waals surface area contributed by atoms with Crippen LogP contribution in [0.4, 0.5) is 22.0 Å². The largest absolute Gasteiger partial charge is 0.457 e. The van der Waals surface area contributed by atoms with Crippen LogP contribution in [-0.2, 0) is 9.53 Å². The van der Waals surface area contributed by atoms with Crippen molar-refractivity contribution < 1.29 is 31.5 Å². The van der Waals surface area contributed by atoms with Crippen LogP contribution in [0, 0.1) is 0 Å². The lowest BCUT2D eigenvalue weighted by Crippen LogP contribution is -2.49. The summed E-state index contributed by atoms with van der Waals surface area (Å²) in [5, 5.41) is 0.891. The first kappa shape index (κ1) is 27.6. The Bertz CT molecular complexity index is 403. The van der Waals surface area contributed by atoms with Gasteiger partial charge in [0.2, 0.25) is 0 Å². The summed E-state index contributed by atoms with van der Waals surface area (Å²) in [6.45, 7) is 2.07. The van der Waals surface area contributed by atoms with Crippen LogP contribution in [0.3, 0.4) is 0 Å². The van der Waals surface area contributed by atoms with Crippen molar-refractivity contribution in [1.29, 1.82) is 0 Å². The molecule has 0 saturated carbocycles. The smallest absolute Gasteiger partial charge is 0.456 e. The van der Waals surface area contributed by atoms with Gasteiger partial charge in [-0.3, -0.25) is 4.79 Å². The standard InChI is InChI=1S/C20H34BrF5O2/c1-2-3-4-5-6-8-11-14-17(19(22,23)20(24,25)26)28-18(27)15-12-9-7-10-13-16-21/h17H,2-16H2,1H3. The minimum absolute atomic E-state index is 0.129. The number of unbranched alkanes of at least 4 members (excludes halogenated alkanes) is 10. The quantitative estimate of drug-likeness (QED) is 0.0912. The Kier molecular flexibility index (Phi) is 15.2. The molecule has 0 aromatic heterocycles. The molecule has 0 aliphatic rings. The Hall–Kier alpha value is -0.400. The Balaban J connectivity index is 4.43. The monoisotopic (exact) mass is 480 g/mol. The molecule has 0 aliphatic carbocycles. The molecule has 168 valence electrons. The molecule has 0 spiro atoms. The predicted octanol–water partition coefficient (Wildman–Crippen LogP) is 7.97. The third kappa shape index (κ3) is 12.2. The van der Waals surface area contributed by atoms with E-state index in [-0.39, 0.29) is 12.8 Å². The average molecular weight is 481 g/mol. The second kappa shape index (κ2) is 15.4. The molecule has 2 nitrogen and oxygen atoms in total. The Morgan fingerprint density at radius 1 is 0.821 bits per heavy atom. The van der Waals surface area contributed by atoms with Gasteiger partial charge in [-0.25, -0.2) is 0 Å². The first-order valence-corrected chi connectivity index (χ1v) is 11.5. The van der Waals surface area contributed by atoms with Crippen LogP contribution in [0.5, 0.6) is 0 Å². The van der Waals surface area contributed by atoms with E-state index in [4.69, 9.17) is 0 Å². The maximum absolute atomic E-state index is 13.8. The zero-order chi connectivity index (χ0) is 21.5. The molecule has 8 heteroatoms. The highest BCUT2D eigenvalue weighted by molar-refractivity contribution is 9.09. The molecular formula is C20H34BrF5O2. The predicted molar refractivity (Wildman–Crippen MR) is 105 cm³/mol. The molecule has 1 unspecified atom stereocenters. The van der Waals surface area contributed by atoms with Crippen molar-refractivity contribution in [1.82, 2.24) is 0 Å². The molecule has 0 heterocycles. The van der Waals surface area contributed by atoms with Crippen LogP contribution in [0.1, 0.15) is 96.8 Å². The lowest BCUT2D eigenvalue weighted by Gasteiger charge is -2.28. The van der Waals surface area contributed by atoms with Crippen LogP contribution in [0.15, 0.2) is 0 Å². The van der Waals surface area contributed by atoms with Gasteiger partial charge in [0.05, 0.1) is 0 Å². The van der Waals surface area contributed by atoms with Crippen LogP contribution >= 0.6 is 15.9 Å². The second-order valence-corrected chi connectivity index (χ2v) is 8.01. The number of esters is 1. The van der Waals surface area contributed by atoms with Crippen LogP contribution in [-0.4, -0.2) is 29.5 Å². The van der Waals surface area contributed by atoms with Crippen molar-refractivity contribution in [2.24, 2.45) is 0 Å². The van der Waals surface area contributed by atoms with Crippen molar-refractivity contribution in [3.63, 3.8) is 0 Å². The first-order chi connectivity index (χ1) is 13.2. The summed E-state index contributed by atoms with van der Waals surface area (Å²) in [6.07, 6.45) is 0.902. The highest BCUT2D eigenvalue weighted by Gasteiger charge is 2.63. The summed E-state index contributed by atoms with van der Waals surface area (Å²) in [7, 11) is 0. The van der Waals surface area contributed by atoms with E-state index < -0.39 is 30.6 Å². The van der Waals surface area contributed by atoms with Gasteiger partial charge in [-0.1, -0.05) is 80.6 Å². The molecule has 0 saturated heterocycles. The summed E-state index contributed by atoms with van der Waals surface area (Å²) < 4.78 is 70.3. The molecule has 0 radical (unpaired) electrons. The van der Waals surface area contributed by atoms with Gasteiger partial charge in [0.15, 0.2) is 6.10 Å². The molecule has 0 N–H and O–H groups in total. The molecule has 0 aliphatic heterocycles. The summed E-state index contributed by atoms with van der Waals surface area (Å²) in [5.74, 6) is -6.00. The van der Waals surface area contributed by atoms with Gasteiger partial charge in [0.1, 0.15) is 0 Å². The normalized spacial score (nSPS) is 13.5. The van der Waals surface area contributed by atoms with Gasteiger partial charge < -0.3 is 4.74 Å². The van der Waals surface area contributed by atoms with Crippen molar-refractivity contribution in [3.8, 4) is 0 Å². The molecule has 0 bridgehead atoms. The van der Waals surface area contributed by atoms with Crippen LogP contribution in [0.25, 0.3) is 0 Å². The first-order valence-electron chi connectivity index (χ1n) is 10.4. The van der Waals surface area contributed by atoms with E-state index in [1.807, 2.05) is 0 Å². The SMILES string of the molecule is CCCCCCCCCC(OC(=O)CCCCCCCBr)C(F)(F)C(F)(F)F. The fraction of sp³-hybridized carbons (Fsp3) is 0.950. The Labute approximate surface area is 174 Å². The third-order valence-corrected chi connectivity index (χ3v) is 5.20. The minimum atomic E-state index is -5.73. The Morgan fingerprint density at radius 3 is 1.86 bits per heavy atom. The topological polar surface area (TPSA) is 26.3 Å². The van der Waals surface area contributed by atoms with Gasteiger partial charge in [0, 0.05) is 11.8 Å². The number of rotatable bonds is 17. The summed E-state index contributed by atoms with van der Waals surface area (Å²) in [6, 6.07) is 0. The fourth-order valence-corrected chi connectivity index (χ4v) is 3.29. The number of ether oxygens (including phenoxy) is 1. The number of hydrogen-bond donors (Lipinski definition) is 0. The van der Waals surface area contributed by atoms with Crippen molar-refractivity contribution in [2.75, 3.05) is 5.33 Å². The highest BCUT2D eigenvalue weighted by Crippen LogP contribution is 2.41. The summed E-state index contributed by atoms with van der Waals surface area (Å²) in [5.41, 5.74) is 0. The number of hydrogen-bond acceptors (Lipinski definition) is 2. The van der Waals surface area contributed by atoms with Crippen LogP contribution < -0.4 is 0 Å². The van der Waals surface area contributed by atoms with Gasteiger partial charge in [-0.05, 0) is 25.7 Å². The van der Waals surface area contributed by atoms with Crippen molar-refractivity contribution in [2.45, 2.75) is 115 Å². The minimum Gasteiger partial charge on any atom is -0.456 e. The number of carbonyl (C=O) groups excluding carboxylic acids is 1.